The molecule has 0 radical (unpaired) electrons. The summed E-state index contributed by atoms with van der Waals surface area (Å²) >= 11 is 0. The van der Waals surface area contributed by atoms with Crippen LogP contribution in [0, 0.1) is 0 Å². The van der Waals surface area contributed by atoms with E-state index in [0.29, 0.717) is 26.3 Å². The van der Waals surface area contributed by atoms with Crippen molar-refractivity contribution in [2.75, 3.05) is 40.0 Å². The quantitative estimate of drug-likeness (QED) is 0.438. The van der Waals surface area contributed by atoms with Crippen molar-refractivity contribution in [3.05, 3.63) is 0 Å². The second-order valence-corrected chi connectivity index (χ2v) is 4.14. The summed E-state index contributed by atoms with van der Waals surface area (Å²) in [7, 11) is 1.60. The first-order valence-electron chi connectivity index (χ1n) is 6.37. The van der Waals surface area contributed by atoms with Gasteiger partial charge in [-0.3, -0.25) is 4.79 Å². The van der Waals surface area contributed by atoms with Gasteiger partial charge in [0, 0.05) is 20.2 Å². The minimum Gasteiger partial charge on any atom is -0.389 e. The van der Waals surface area contributed by atoms with Crippen molar-refractivity contribution in [3.8, 4) is 0 Å². The van der Waals surface area contributed by atoms with Crippen molar-refractivity contribution in [2.45, 2.75) is 32.4 Å². The van der Waals surface area contributed by atoms with Crippen LogP contribution in [0.5, 0.6) is 0 Å². The van der Waals surface area contributed by atoms with E-state index in [1.54, 1.807) is 14.0 Å². The van der Waals surface area contributed by atoms with Gasteiger partial charge < -0.3 is 25.2 Å². The van der Waals surface area contributed by atoms with Crippen LogP contribution < -0.4 is 10.6 Å². The van der Waals surface area contributed by atoms with E-state index in [0.717, 1.165) is 6.42 Å². The first-order valence-corrected chi connectivity index (χ1v) is 6.37. The van der Waals surface area contributed by atoms with Crippen LogP contribution in [-0.2, 0) is 14.3 Å². The third-order valence-electron chi connectivity index (χ3n) is 2.34. The number of nitrogens with one attached hydrogen (secondary N) is 2. The third-order valence-corrected chi connectivity index (χ3v) is 2.34. The molecule has 1 amide bonds. The number of aliphatic hydroxyl groups is 1. The number of hydrogen-bond donors (Lipinski definition) is 3. The number of amides is 1. The summed E-state index contributed by atoms with van der Waals surface area (Å²) in [5.74, 6) is -0.0515. The fraction of sp³-hybridized carbons (Fsp3) is 0.917. The number of methoxy groups -OCH3 is 1. The van der Waals surface area contributed by atoms with Gasteiger partial charge in [0.2, 0.25) is 5.91 Å². The van der Waals surface area contributed by atoms with E-state index in [1.807, 2.05) is 6.92 Å². The highest BCUT2D eigenvalue weighted by Crippen LogP contribution is 1.88. The molecule has 0 spiro atoms. The SMILES string of the molecule is CCCNC(=O)C(C)NCC(O)COCCOC. The lowest BCUT2D eigenvalue weighted by Crippen LogP contribution is -2.45. The van der Waals surface area contributed by atoms with Crippen molar-refractivity contribution in [3.63, 3.8) is 0 Å². The molecule has 0 saturated carbocycles. The Labute approximate surface area is 109 Å². The normalized spacial score (nSPS) is 14.2. The molecule has 0 fully saturated rings. The van der Waals surface area contributed by atoms with Gasteiger partial charge in [-0.25, -0.2) is 0 Å². The largest absolute Gasteiger partial charge is 0.389 e. The summed E-state index contributed by atoms with van der Waals surface area (Å²) in [6.45, 7) is 5.97. The number of aliphatic hydroxyl groups excluding tert-OH is 1. The Morgan fingerprint density at radius 3 is 2.72 bits per heavy atom. The number of hydrogen-bond acceptors (Lipinski definition) is 5. The minimum absolute atomic E-state index is 0.0515. The standard InChI is InChI=1S/C12H26N2O4/c1-4-5-13-12(16)10(2)14-8-11(15)9-18-7-6-17-3/h10-11,14-15H,4-9H2,1-3H3,(H,13,16). The average molecular weight is 262 g/mol. The third kappa shape index (κ3) is 9.35. The summed E-state index contributed by atoms with van der Waals surface area (Å²) in [5.41, 5.74) is 0. The van der Waals surface area contributed by atoms with E-state index >= 15 is 0 Å². The molecule has 6 nitrogen and oxygen atoms in total. The maximum atomic E-state index is 11.5. The predicted octanol–water partition coefficient (Wildman–Crippen LogP) is -0.485. The Hall–Kier alpha value is -0.690. The van der Waals surface area contributed by atoms with Crippen LogP contribution in [0.3, 0.4) is 0 Å². The fourth-order valence-corrected chi connectivity index (χ4v) is 1.23. The lowest BCUT2D eigenvalue weighted by atomic mass is 10.2. The molecule has 0 aliphatic rings. The topological polar surface area (TPSA) is 79.8 Å². The molecule has 0 aromatic rings. The Balaban J connectivity index is 3.57. The van der Waals surface area contributed by atoms with Gasteiger partial charge in [0.25, 0.3) is 0 Å². The highest BCUT2D eigenvalue weighted by molar-refractivity contribution is 5.81. The van der Waals surface area contributed by atoms with Gasteiger partial charge >= 0.3 is 0 Å². The summed E-state index contributed by atoms with van der Waals surface area (Å²) in [6.07, 6.45) is 0.289. The Morgan fingerprint density at radius 2 is 2.11 bits per heavy atom. The lowest BCUT2D eigenvalue weighted by molar-refractivity contribution is -0.122. The second kappa shape index (κ2) is 11.4. The summed E-state index contributed by atoms with van der Waals surface area (Å²) in [5, 5.41) is 15.3. The van der Waals surface area contributed by atoms with Gasteiger partial charge in [-0.15, -0.1) is 0 Å². The van der Waals surface area contributed by atoms with Gasteiger partial charge in [-0.2, -0.15) is 0 Å². The molecule has 0 saturated heterocycles. The maximum Gasteiger partial charge on any atom is 0.236 e. The van der Waals surface area contributed by atoms with Crippen LogP contribution >= 0.6 is 0 Å². The zero-order valence-corrected chi connectivity index (χ0v) is 11.6. The first kappa shape index (κ1) is 17.3. The van der Waals surface area contributed by atoms with Crippen molar-refractivity contribution >= 4 is 5.91 Å². The van der Waals surface area contributed by atoms with Crippen LogP contribution in [0.25, 0.3) is 0 Å². The predicted molar refractivity (Wildman–Crippen MR) is 69.5 cm³/mol. The summed E-state index contributed by atoms with van der Waals surface area (Å²) < 4.78 is 9.99. The maximum absolute atomic E-state index is 11.5. The molecule has 108 valence electrons. The second-order valence-electron chi connectivity index (χ2n) is 4.14. The zero-order valence-electron chi connectivity index (χ0n) is 11.6. The molecule has 0 heterocycles. The average Bonchev–Trinajstić information content (AvgIpc) is 2.38. The summed E-state index contributed by atoms with van der Waals surface area (Å²) in [4.78, 5) is 11.5. The van der Waals surface area contributed by atoms with Gasteiger partial charge in [-0.1, -0.05) is 6.92 Å². The molecular formula is C12H26N2O4. The van der Waals surface area contributed by atoms with Crippen molar-refractivity contribution < 1.29 is 19.4 Å². The molecule has 0 bridgehead atoms. The van der Waals surface area contributed by atoms with Crippen molar-refractivity contribution in [1.29, 1.82) is 0 Å². The molecule has 6 heteroatoms. The smallest absolute Gasteiger partial charge is 0.236 e. The van der Waals surface area contributed by atoms with E-state index < -0.39 is 6.10 Å². The van der Waals surface area contributed by atoms with Crippen LogP contribution in [0.4, 0.5) is 0 Å². The number of carbonyl (C=O) groups is 1. The molecule has 2 unspecified atom stereocenters. The summed E-state index contributed by atoms with van der Waals surface area (Å²) in [6, 6.07) is -0.315. The van der Waals surface area contributed by atoms with E-state index in [2.05, 4.69) is 10.6 Å². The zero-order chi connectivity index (χ0) is 13.8. The van der Waals surface area contributed by atoms with Crippen molar-refractivity contribution in [1.82, 2.24) is 10.6 Å². The fourth-order valence-electron chi connectivity index (χ4n) is 1.23. The molecule has 2 atom stereocenters. The molecule has 18 heavy (non-hydrogen) atoms. The molecule has 0 aromatic carbocycles. The Morgan fingerprint density at radius 1 is 1.39 bits per heavy atom. The van der Waals surface area contributed by atoms with Crippen LogP contribution in [-0.4, -0.2) is 63.2 Å². The van der Waals surface area contributed by atoms with Crippen LogP contribution in [0.15, 0.2) is 0 Å². The highest BCUT2D eigenvalue weighted by Gasteiger charge is 2.13. The molecule has 0 rings (SSSR count). The molecule has 0 aliphatic heterocycles. The minimum atomic E-state index is -0.622. The number of rotatable bonds is 11. The molecular weight excluding hydrogens is 236 g/mol. The lowest BCUT2D eigenvalue weighted by Gasteiger charge is -2.17. The highest BCUT2D eigenvalue weighted by atomic mass is 16.5. The monoisotopic (exact) mass is 262 g/mol. The number of ether oxygens (including phenoxy) is 2. The Bertz CT molecular complexity index is 214. The van der Waals surface area contributed by atoms with Crippen LogP contribution in [0.2, 0.25) is 0 Å². The van der Waals surface area contributed by atoms with Gasteiger partial charge in [0.15, 0.2) is 0 Å². The van der Waals surface area contributed by atoms with Crippen molar-refractivity contribution in [2.24, 2.45) is 0 Å². The van der Waals surface area contributed by atoms with E-state index in [9.17, 15) is 9.90 Å². The van der Waals surface area contributed by atoms with E-state index in [-0.39, 0.29) is 18.6 Å². The molecule has 0 aliphatic carbocycles. The molecule has 3 N–H and O–H groups in total. The number of carbonyl (C=O) groups excluding carboxylic acids is 1. The van der Waals surface area contributed by atoms with Gasteiger partial charge in [-0.05, 0) is 13.3 Å². The molecule has 0 aromatic heterocycles. The van der Waals surface area contributed by atoms with E-state index in [1.165, 1.54) is 0 Å². The van der Waals surface area contributed by atoms with Gasteiger partial charge in [0.05, 0.1) is 32.0 Å². The Kier molecular flexibility index (Phi) is 11.0. The first-order chi connectivity index (χ1) is 8.61. The van der Waals surface area contributed by atoms with Crippen LogP contribution in [0.1, 0.15) is 20.3 Å². The van der Waals surface area contributed by atoms with Gasteiger partial charge in [0.1, 0.15) is 0 Å². The van der Waals surface area contributed by atoms with E-state index in [4.69, 9.17) is 9.47 Å².